The van der Waals surface area contributed by atoms with E-state index in [0.717, 1.165) is 22.4 Å². The molecule has 1 heterocycles. The second-order valence-corrected chi connectivity index (χ2v) is 4.76. The number of nitrogens with zero attached hydrogens (tertiary/aromatic N) is 1. The van der Waals surface area contributed by atoms with Gasteiger partial charge in [-0.2, -0.15) is 5.26 Å². The van der Waals surface area contributed by atoms with Crippen LogP contribution in [0.5, 0.6) is 0 Å². The first-order valence-corrected chi connectivity index (χ1v) is 6.59. The smallest absolute Gasteiger partial charge is 0.323 e. The van der Waals surface area contributed by atoms with Gasteiger partial charge in [0.2, 0.25) is 0 Å². The number of anilines is 2. The monoisotopic (exact) mass is 291 g/mol. The van der Waals surface area contributed by atoms with Gasteiger partial charge in [0.25, 0.3) is 0 Å². The van der Waals surface area contributed by atoms with Gasteiger partial charge in [-0.05, 0) is 42.5 Å². The molecule has 0 aliphatic heterocycles. The van der Waals surface area contributed by atoms with E-state index in [1.807, 2.05) is 18.2 Å². The molecule has 108 valence electrons. The number of hydrogen-bond acceptors (Lipinski definition) is 4. The predicted octanol–water partition coefficient (Wildman–Crippen LogP) is 2.72. The summed E-state index contributed by atoms with van der Waals surface area (Å²) in [5.41, 5.74) is 3.47. The molecule has 0 spiro atoms. The van der Waals surface area contributed by atoms with Crippen molar-refractivity contribution in [1.29, 1.82) is 5.26 Å². The van der Waals surface area contributed by atoms with Crippen molar-refractivity contribution in [2.24, 2.45) is 0 Å². The van der Waals surface area contributed by atoms with Crippen molar-refractivity contribution in [3.8, 4) is 6.07 Å². The van der Waals surface area contributed by atoms with Crippen molar-refractivity contribution in [3.05, 3.63) is 70.9 Å². The van der Waals surface area contributed by atoms with Gasteiger partial charge in [-0.3, -0.25) is 0 Å². The maximum Gasteiger partial charge on any atom is 0.323 e. The van der Waals surface area contributed by atoms with Crippen molar-refractivity contribution in [1.82, 2.24) is 9.97 Å². The molecule has 6 heteroatoms. The van der Waals surface area contributed by atoms with E-state index in [1.165, 1.54) is 0 Å². The summed E-state index contributed by atoms with van der Waals surface area (Å²) < 4.78 is 0. The Hall–Kier alpha value is -3.46. The highest BCUT2D eigenvalue weighted by molar-refractivity contribution is 5.79. The summed E-state index contributed by atoms with van der Waals surface area (Å²) in [6, 6.07) is 14.6. The average Bonchev–Trinajstić information content (AvgIpc) is 2.87. The number of aromatic amines is 2. The van der Waals surface area contributed by atoms with Gasteiger partial charge in [-0.25, -0.2) is 4.79 Å². The molecule has 2 aromatic carbocycles. The Kier molecular flexibility index (Phi) is 3.38. The Morgan fingerprint density at radius 1 is 1.00 bits per heavy atom. The lowest BCUT2D eigenvalue weighted by atomic mass is 10.2. The third-order valence-electron chi connectivity index (χ3n) is 3.12. The van der Waals surface area contributed by atoms with Gasteiger partial charge in [0.15, 0.2) is 0 Å². The highest BCUT2D eigenvalue weighted by atomic mass is 16.1. The van der Waals surface area contributed by atoms with Crippen LogP contribution in [0.2, 0.25) is 0 Å². The Morgan fingerprint density at radius 3 is 2.36 bits per heavy atom. The molecule has 0 fully saturated rings. The van der Waals surface area contributed by atoms with Gasteiger partial charge in [0, 0.05) is 11.4 Å². The molecule has 0 saturated carbocycles. The van der Waals surface area contributed by atoms with Gasteiger partial charge in [-0.1, -0.05) is 6.58 Å². The summed E-state index contributed by atoms with van der Waals surface area (Å²) in [6.45, 7) is 3.91. The molecule has 0 unspecified atom stereocenters. The Labute approximate surface area is 126 Å². The first-order chi connectivity index (χ1) is 10.6. The minimum absolute atomic E-state index is 0.235. The number of benzene rings is 2. The second-order valence-electron chi connectivity index (χ2n) is 4.76. The van der Waals surface area contributed by atoms with E-state index in [1.54, 1.807) is 24.3 Å². The highest BCUT2D eigenvalue weighted by Crippen LogP contribution is 2.17. The number of imidazole rings is 1. The fraction of sp³-hybridized carbons (Fsp3) is 0. The van der Waals surface area contributed by atoms with E-state index in [0.29, 0.717) is 11.4 Å². The van der Waals surface area contributed by atoms with Crippen molar-refractivity contribution < 1.29 is 0 Å². The van der Waals surface area contributed by atoms with Gasteiger partial charge in [0.05, 0.1) is 22.7 Å². The fourth-order valence-corrected chi connectivity index (χ4v) is 2.12. The van der Waals surface area contributed by atoms with Crippen LogP contribution in [0.3, 0.4) is 0 Å². The van der Waals surface area contributed by atoms with Crippen molar-refractivity contribution in [2.75, 3.05) is 10.6 Å². The van der Waals surface area contributed by atoms with Crippen LogP contribution in [-0.2, 0) is 0 Å². The molecule has 3 rings (SSSR count). The SMILES string of the molecule is C=C(Nc1ccc(C#N)cc1)Nc1ccc2[nH]c(=O)[nH]c2c1. The third kappa shape index (κ3) is 2.83. The molecule has 4 N–H and O–H groups in total. The van der Waals surface area contributed by atoms with Crippen LogP contribution in [0.1, 0.15) is 5.56 Å². The lowest BCUT2D eigenvalue weighted by molar-refractivity contribution is 1.21. The van der Waals surface area contributed by atoms with Gasteiger partial charge < -0.3 is 20.6 Å². The zero-order valence-corrected chi connectivity index (χ0v) is 11.6. The minimum Gasteiger partial charge on any atom is -0.342 e. The lowest BCUT2D eigenvalue weighted by Gasteiger charge is -2.12. The summed E-state index contributed by atoms with van der Waals surface area (Å²) in [4.78, 5) is 16.6. The maximum absolute atomic E-state index is 11.2. The molecule has 6 nitrogen and oxygen atoms in total. The van der Waals surface area contributed by atoms with E-state index < -0.39 is 0 Å². The molecule has 3 aromatic rings. The summed E-state index contributed by atoms with van der Waals surface area (Å²) >= 11 is 0. The van der Waals surface area contributed by atoms with E-state index in [9.17, 15) is 4.79 Å². The molecule has 0 atom stereocenters. The number of aromatic nitrogens is 2. The van der Waals surface area contributed by atoms with Crippen LogP contribution in [0.4, 0.5) is 11.4 Å². The van der Waals surface area contributed by atoms with Crippen molar-refractivity contribution in [3.63, 3.8) is 0 Å². The van der Waals surface area contributed by atoms with Gasteiger partial charge in [-0.15, -0.1) is 0 Å². The molecular weight excluding hydrogens is 278 g/mol. The molecule has 0 amide bonds. The first-order valence-electron chi connectivity index (χ1n) is 6.59. The maximum atomic E-state index is 11.2. The normalized spacial score (nSPS) is 10.1. The second kappa shape index (κ2) is 5.50. The van der Waals surface area contributed by atoms with E-state index in [4.69, 9.17) is 5.26 Å². The molecule has 0 saturated heterocycles. The highest BCUT2D eigenvalue weighted by Gasteiger charge is 2.01. The summed E-state index contributed by atoms with van der Waals surface area (Å²) in [5, 5.41) is 15.0. The van der Waals surface area contributed by atoms with Crippen molar-refractivity contribution in [2.45, 2.75) is 0 Å². The molecule has 0 aliphatic carbocycles. The van der Waals surface area contributed by atoms with Crippen LogP contribution < -0.4 is 16.3 Å². The molecule has 1 aromatic heterocycles. The summed E-state index contributed by atoms with van der Waals surface area (Å²) in [6.07, 6.45) is 0. The molecule has 22 heavy (non-hydrogen) atoms. The largest absolute Gasteiger partial charge is 0.342 e. The topological polar surface area (TPSA) is 96.5 Å². The van der Waals surface area contributed by atoms with Crippen LogP contribution in [0.15, 0.2) is 59.7 Å². The third-order valence-corrected chi connectivity index (χ3v) is 3.12. The van der Waals surface area contributed by atoms with E-state index in [2.05, 4.69) is 33.2 Å². The lowest BCUT2D eigenvalue weighted by Crippen LogP contribution is -2.07. The Bertz CT molecular complexity index is 928. The van der Waals surface area contributed by atoms with E-state index >= 15 is 0 Å². The average molecular weight is 291 g/mol. The molecule has 0 radical (unpaired) electrons. The van der Waals surface area contributed by atoms with Crippen LogP contribution in [0.25, 0.3) is 11.0 Å². The zero-order chi connectivity index (χ0) is 15.5. The number of nitrogens with one attached hydrogen (secondary N) is 4. The Balaban J connectivity index is 1.71. The number of hydrogen-bond donors (Lipinski definition) is 4. The van der Waals surface area contributed by atoms with Crippen LogP contribution in [0, 0.1) is 11.3 Å². The van der Waals surface area contributed by atoms with Crippen LogP contribution in [-0.4, -0.2) is 9.97 Å². The number of nitriles is 1. The van der Waals surface area contributed by atoms with Gasteiger partial charge >= 0.3 is 5.69 Å². The fourth-order valence-electron chi connectivity index (χ4n) is 2.12. The first kappa shape index (κ1) is 13.5. The standard InChI is InChI=1S/C16H13N5O/c1-10(18-12-4-2-11(9-17)3-5-12)19-13-6-7-14-15(8-13)21-16(22)20-14/h2-8,18-19H,1H2,(H2,20,21,22). The number of H-pyrrole nitrogens is 2. The predicted molar refractivity (Wildman–Crippen MR) is 86.5 cm³/mol. The van der Waals surface area contributed by atoms with Gasteiger partial charge in [0.1, 0.15) is 5.82 Å². The quantitative estimate of drug-likeness (QED) is 0.594. The molecule has 0 aliphatic rings. The van der Waals surface area contributed by atoms with Crippen molar-refractivity contribution >= 4 is 22.4 Å². The molecule has 0 bridgehead atoms. The zero-order valence-electron chi connectivity index (χ0n) is 11.6. The minimum atomic E-state index is -0.235. The number of rotatable bonds is 4. The van der Waals surface area contributed by atoms with E-state index in [-0.39, 0.29) is 5.69 Å². The number of fused-ring (bicyclic) bond motifs is 1. The summed E-state index contributed by atoms with van der Waals surface area (Å²) in [5.74, 6) is 0.585. The Morgan fingerprint density at radius 2 is 1.64 bits per heavy atom. The summed E-state index contributed by atoms with van der Waals surface area (Å²) in [7, 11) is 0. The molecular formula is C16H13N5O. The van der Waals surface area contributed by atoms with Crippen LogP contribution >= 0.6 is 0 Å².